The first kappa shape index (κ1) is 13.1. The largest absolute Gasteiger partial charge is 0.494 e. The summed E-state index contributed by atoms with van der Waals surface area (Å²) in [6.07, 6.45) is 2.45. The van der Waals surface area contributed by atoms with Gasteiger partial charge in [0.05, 0.1) is 7.11 Å². The summed E-state index contributed by atoms with van der Waals surface area (Å²) in [5, 5.41) is 11.1. The van der Waals surface area contributed by atoms with Gasteiger partial charge in [0.15, 0.2) is 11.6 Å². The van der Waals surface area contributed by atoms with E-state index in [0.29, 0.717) is 12.0 Å². The first-order valence-electron chi connectivity index (χ1n) is 6.80. The molecular weight excluding hydrogens is 255 g/mol. The Morgan fingerprint density at radius 2 is 2.00 bits per heavy atom. The number of ether oxygens (including phenoxy) is 1. The minimum Gasteiger partial charge on any atom is -0.494 e. The first-order chi connectivity index (χ1) is 9.65. The SMILES string of the molecule is COc1ccc(C2(O)CCCc3ccccc32)cc1F. The summed E-state index contributed by atoms with van der Waals surface area (Å²) in [5.74, 6) is -0.247. The molecule has 3 heteroatoms. The lowest BCUT2D eigenvalue weighted by atomic mass is 9.75. The predicted molar refractivity (Wildman–Crippen MR) is 75.3 cm³/mol. The van der Waals surface area contributed by atoms with Gasteiger partial charge in [0.1, 0.15) is 5.60 Å². The van der Waals surface area contributed by atoms with E-state index in [1.807, 2.05) is 24.3 Å². The third kappa shape index (κ3) is 1.98. The summed E-state index contributed by atoms with van der Waals surface area (Å²) < 4.78 is 18.8. The molecule has 0 aromatic heterocycles. The van der Waals surface area contributed by atoms with Crippen LogP contribution in [0.4, 0.5) is 4.39 Å². The van der Waals surface area contributed by atoms with E-state index in [9.17, 15) is 9.50 Å². The molecule has 0 bridgehead atoms. The van der Waals surface area contributed by atoms with Crippen molar-refractivity contribution in [2.45, 2.75) is 24.9 Å². The molecule has 1 aliphatic rings. The highest BCUT2D eigenvalue weighted by Gasteiger charge is 2.36. The van der Waals surface area contributed by atoms with Gasteiger partial charge in [-0.05, 0) is 48.1 Å². The van der Waals surface area contributed by atoms with E-state index < -0.39 is 11.4 Å². The molecule has 1 aliphatic carbocycles. The van der Waals surface area contributed by atoms with Gasteiger partial charge in [-0.15, -0.1) is 0 Å². The predicted octanol–water partition coefficient (Wildman–Crippen LogP) is 3.41. The Balaban J connectivity index is 2.12. The number of benzene rings is 2. The second-order valence-electron chi connectivity index (χ2n) is 5.22. The van der Waals surface area contributed by atoms with Crippen molar-refractivity contribution in [1.82, 2.24) is 0 Å². The maximum absolute atomic E-state index is 13.9. The Morgan fingerprint density at radius 1 is 1.20 bits per heavy atom. The van der Waals surface area contributed by atoms with E-state index in [0.717, 1.165) is 24.0 Å². The number of rotatable bonds is 2. The maximum Gasteiger partial charge on any atom is 0.165 e. The van der Waals surface area contributed by atoms with E-state index in [1.54, 1.807) is 12.1 Å². The van der Waals surface area contributed by atoms with Gasteiger partial charge in [0.2, 0.25) is 0 Å². The molecule has 0 amide bonds. The van der Waals surface area contributed by atoms with Crippen LogP contribution in [0.25, 0.3) is 0 Å². The molecule has 1 unspecified atom stereocenters. The highest BCUT2D eigenvalue weighted by atomic mass is 19.1. The fraction of sp³-hybridized carbons (Fsp3) is 0.294. The average Bonchev–Trinajstić information content (AvgIpc) is 2.48. The highest BCUT2D eigenvalue weighted by molar-refractivity contribution is 5.44. The van der Waals surface area contributed by atoms with Crippen LogP contribution in [0.5, 0.6) is 5.75 Å². The molecule has 104 valence electrons. The van der Waals surface area contributed by atoms with E-state index in [1.165, 1.54) is 13.2 Å². The number of halogens is 1. The van der Waals surface area contributed by atoms with Crippen molar-refractivity contribution in [3.8, 4) is 5.75 Å². The summed E-state index contributed by atoms with van der Waals surface area (Å²) >= 11 is 0. The third-order valence-electron chi connectivity index (χ3n) is 4.08. The molecule has 2 aromatic carbocycles. The fourth-order valence-corrected chi connectivity index (χ4v) is 3.03. The van der Waals surface area contributed by atoms with Crippen molar-refractivity contribution < 1.29 is 14.2 Å². The number of methoxy groups -OCH3 is 1. The van der Waals surface area contributed by atoms with E-state index in [-0.39, 0.29) is 5.75 Å². The molecule has 20 heavy (non-hydrogen) atoms. The van der Waals surface area contributed by atoms with Gasteiger partial charge in [0, 0.05) is 0 Å². The van der Waals surface area contributed by atoms with Crippen molar-refractivity contribution in [2.24, 2.45) is 0 Å². The molecule has 0 heterocycles. The minimum atomic E-state index is -1.11. The topological polar surface area (TPSA) is 29.5 Å². The van der Waals surface area contributed by atoms with Gasteiger partial charge < -0.3 is 9.84 Å². The monoisotopic (exact) mass is 272 g/mol. The Kier molecular flexibility index (Phi) is 3.22. The Labute approximate surface area is 117 Å². The fourth-order valence-electron chi connectivity index (χ4n) is 3.03. The van der Waals surface area contributed by atoms with E-state index in [4.69, 9.17) is 4.74 Å². The summed E-state index contributed by atoms with van der Waals surface area (Å²) in [5.41, 5.74) is 1.50. The van der Waals surface area contributed by atoms with Crippen molar-refractivity contribution in [1.29, 1.82) is 0 Å². The average molecular weight is 272 g/mol. The van der Waals surface area contributed by atoms with E-state index >= 15 is 0 Å². The molecule has 3 rings (SSSR count). The van der Waals surface area contributed by atoms with Crippen LogP contribution in [-0.2, 0) is 12.0 Å². The van der Waals surface area contributed by atoms with Gasteiger partial charge in [0.25, 0.3) is 0 Å². The van der Waals surface area contributed by atoms with Gasteiger partial charge >= 0.3 is 0 Å². The zero-order valence-corrected chi connectivity index (χ0v) is 11.4. The van der Waals surface area contributed by atoms with Crippen molar-refractivity contribution in [2.75, 3.05) is 7.11 Å². The lowest BCUT2D eigenvalue weighted by Crippen LogP contribution is -2.32. The standard InChI is InChI=1S/C17H17FO2/c1-20-16-9-8-13(11-15(16)18)17(19)10-4-6-12-5-2-3-7-14(12)17/h2-3,5,7-9,11,19H,4,6,10H2,1H3. The quantitative estimate of drug-likeness (QED) is 0.908. The molecule has 0 spiro atoms. The van der Waals surface area contributed by atoms with Crippen LogP contribution in [-0.4, -0.2) is 12.2 Å². The molecule has 0 aliphatic heterocycles. The maximum atomic E-state index is 13.9. The van der Waals surface area contributed by atoms with Gasteiger partial charge in [-0.25, -0.2) is 4.39 Å². The number of hydrogen-bond donors (Lipinski definition) is 1. The lowest BCUT2D eigenvalue weighted by Gasteiger charge is -2.35. The normalized spacial score (nSPS) is 21.4. The Bertz CT molecular complexity index is 639. The van der Waals surface area contributed by atoms with Crippen molar-refractivity contribution in [3.05, 3.63) is 65.0 Å². The summed E-state index contributed by atoms with van der Waals surface area (Å²) in [6.45, 7) is 0. The zero-order valence-electron chi connectivity index (χ0n) is 11.4. The summed E-state index contributed by atoms with van der Waals surface area (Å²) in [7, 11) is 1.43. The molecule has 0 saturated carbocycles. The van der Waals surface area contributed by atoms with Gasteiger partial charge in [-0.2, -0.15) is 0 Å². The van der Waals surface area contributed by atoms with Crippen LogP contribution in [0, 0.1) is 5.82 Å². The summed E-state index contributed by atoms with van der Waals surface area (Å²) in [4.78, 5) is 0. The minimum absolute atomic E-state index is 0.196. The lowest BCUT2D eigenvalue weighted by molar-refractivity contribution is 0.0612. The second kappa shape index (κ2) is 4.91. The second-order valence-corrected chi connectivity index (χ2v) is 5.22. The molecule has 1 atom stereocenters. The molecular formula is C17H17FO2. The van der Waals surface area contributed by atoms with Crippen LogP contribution in [0.15, 0.2) is 42.5 Å². The Morgan fingerprint density at radius 3 is 2.75 bits per heavy atom. The summed E-state index contributed by atoms with van der Waals surface area (Å²) in [6, 6.07) is 12.5. The van der Waals surface area contributed by atoms with E-state index in [2.05, 4.69) is 0 Å². The Hall–Kier alpha value is -1.87. The van der Waals surface area contributed by atoms with Crippen LogP contribution < -0.4 is 4.74 Å². The van der Waals surface area contributed by atoms with Crippen LogP contribution >= 0.6 is 0 Å². The molecule has 0 saturated heterocycles. The van der Waals surface area contributed by atoms with Crippen LogP contribution in [0.3, 0.4) is 0 Å². The smallest absolute Gasteiger partial charge is 0.165 e. The molecule has 1 N–H and O–H groups in total. The third-order valence-corrected chi connectivity index (χ3v) is 4.08. The molecule has 0 fully saturated rings. The zero-order chi connectivity index (χ0) is 14.2. The number of aliphatic hydroxyl groups is 1. The number of aryl methyl sites for hydroxylation is 1. The molecule has 2 nitrogen and oxygen atoms in total. The van der Waals surface area contributed by atoms with Gasteiger partial charge in [-0.3, -0.25) is 0 Å². The van der Waals surface area contributed by atoms with Crippen LogP contribution in [0.2, 0.25) is 0 Å². The molecule has 0 radical (unpaired) electrons. The van der Waals surface area contributed by atoms with Gasteiger partial charge in [-0.1, -0.05) is 30.3 Å². The van der Waals surface area contributed by atoms with Crippen molar-refractivity contribution >= 4 is 0 Å². The highest BCUT2D eigenvalue weighted by Crippen LogP contribution is 2.41. The van der Waals surface area contributed by atoms with Crippen LogP contribution in [0.1, 0.15) is 29.5 Å². The van der Waals surface area contributed by atoms with Crippen molar-refractivity contribution in [3.63, 3.8) is 0 Å². The first-order valence-corrected chi connectivity index (χ1v) is 6.80. The number of fused-ring (bicyclic) bond motifs is 1. The number of hydrogen-bond acceptors (Lipinski definition) is 2. The molecule has 2 aromatic rings.